The Hall–Kier alpha value is -1.31. The van der Waals surface area contributed by atoms with Gasteiger partial charge in [0.05, 0.1) is 5.56 Å². The van der Waals surface area contributed by atoms with Crippen LogP contribution in [0.1, 0.15) is 57.5 Å². The van der Waals surface area contributed by atoms with E-state index in [9.17, 15) is 4.79 Å². The van der Waals surface area contributed by atoms with Gasteiger partial charge in [0.1, 0.15) is 5.60 Å². The zero-order valence-corrected chi connectivity index (χ0v) is 11.8. The molecular weight excluding hydrogens is 212 g/mol. The third kappa shape index (κ3) is 6.10. The highest BCUT2D eigenvalue weighted by molar-refractivity contribution is 5.89. The Labute approximate surface area is 105 Å². The molecule has 0 saturated heterocycles. The molecule has 0 amide bonds. The van der Waals surface area contributed by atoms with E-state index in [1.165, 1.54) is 5.56 Å². The summed E-state index contributed by atoms with van der Waals surface area (Å²) in [5, 5.41) is 0. The van der Waals surface area contributed by atoms with Crippen LogP contribution >= 0.6 is 0 Å². The van der Waals surface area contributed by atoms with E-state index in [1.807, 2.05) is 58.9 Å². The minimum absolute atomic E-state index is 0.259. The number of ether oxygens (including phenoxy) is 1. The van der Waals surface area contributed by atoms with Gasteiger partial charge in [-0.05, 0) is 44.9 Å². The fourth-order valence-electron chi connectivity index (χ4n) is 1.21. The maximum atomic E-state index is 11.6. The zero-order valence-electron chi connectivity index (χ0n) is 11.8. The molecule has 0 atom stereocenters. The van der Waals surface area contributed by atoms with Crippen LogP contribution in [0.5, 0.6) is 0 Å². The van der Waals surface area contributed by atoms with Crippen molar-refractivity contribution in [1.82, 2.24) is 0 Å². The maximum absolute atomic E-state index is 11.6. The molecule has 0 heterocycles. The molecule has 1 aromatic carbocycles. The number of aryl methyl sites for hydroxylation is 1. The molecule has 2 nitrogen and oxygen atoms in total. The minimum atomic E-state index is -0.430. The Morgan fingerprint density at radius 3 is 1.94 bits per heavy atom. The molecule has 0 aliphatic rings. The van der Waals surface area contributed by atoms with Crippen molar-refractivity contribution in [2.45, 2.75) is 53.6 Å². The second kappa shape index (κ2) is 7.10. The van der Waals surface area contributed by atoms with Crippen LogP contribution in [-0.4, -0.2) is 11.6 Å². The summed E-state index contributed by atoms with van der Waals surface area (Å²) in [6.07, 6.45) is 0.981. The van der Waals surface area contributed by atoms with Crippen molar-refractivity contribution in [2.24, 2.45) is 0 Å². The van der Waals surface area contributed by atoms with Crippen molar-refractivity contribution >= 4 is 5.97 Å². The molecule has 17 heavy (non-hydrogen) atoms. The lowest BCUT2D eigenvalue weighted by atomic mass is 10.1. The SMILES string of the molecule is CC.CCc1ccc(C(=O)OC(C)(C)C)cc1. The van der Waals surface area contributed by atoms with Crippen LogP contribution < -0.4 is 0 Å². The predicted molar refractivity (Wildman–Crippen MR) is 72.3 cm³/mol. The number of carbonyl (C=O) groups is 1. The van der Waals surface area contributed by atoms with Crippen molar-refractivity contribution in [1.29, 1.82) is 0 Å². The summed E-state index contributed by atoms with van der Waals surface area (Å²) in [4.78, 5) is 11.6. The molecule has 0 bridgehead atoms. The van der Waals surface area contributed by atoms with Gasteiger partial charge in [-0.1, -0.05) is 32.9 Å². The van der Waals surface area contributed by atoms with Crippen LogP contribution in [0, 0.1) is 0 Å². The molecule has 1 aromatic rings. The van der Waals surface area contributed by atoms with Gasteiger partial charge in [0.25, 0.3) is 0 Å². The first-order valence-electron chi connectivity index (χ1n) is 6.24. The molecule has 0 aliphatic heterocycles. The Kier molecular flexibility index (Phi) is 6.55. The van der Waals surface area contributed by atoms with Gasteiger partial charge in [-0.25, -0.2) is 4.79 Å². The molecule has 0 spiro atoms. The molecule has 0 N–H and O–H groups in total. The second-order valence-electron chi connectivity index (χ2n) is 4.55. The lowest BCUT2D eigenvalue weighted by Crippen LogP contribution is -2.23. The van der Waals surface area contributed by atoms with E-state index in [-0.39, 0.29) is 5.97 Å². The Bertz CT molecular complexity index is 331. The lowest BCUT2D eigenvalue weighted by molar-refractivity contribution is 0.00695. The van der Waals surface area contributed by atoms with E-state index in [0.29, 0.717) is 5.56 Å². The number of esters is 1. The summed E-state index contributed by atoms with van der Waals surface area (Å²) in [5.74, 6) is -0.259. The van der Waals surface area contributed by atoms with Gasteiger partial charge in [0.2, 0.25) is 0 Å². The summed E-state index contributed by atoms with van der Waals surface area (Å²) < 4.78 is 5.26. The first kappa shape index (κ1) is 15.7. The Balaban J connectivity index is 0.00000121. The highest BCUT2D eigenvalue weighted by Gasteiger charge is 2.17. The van der Waals surface area contributed by atoms with Crippen molar-refractivity contribution in [3.63, 3.8) is 0 Å². The molecule has 1 rings (SSSR count). The summed E-state index contributed by atoms with van der Waals surface area (Å²) in [5.41, 5.74) is 1.41. The number of rotatable bonds is 2. The third-order valence-corrected chi connectivity index (χ3v) is 2.00. The summed E-state index contributed by atoms with van der Waals surface area (Å²) in [6, 6.07) is 7.54. The van der Waals surface area contributed by atoms with Gasteiger partial charge in [-0.2, -0.15) is 0 Å². The quantitative estimate of drug-likeness (QED) is 0.718. The second-order valence-corrected chi connectivity index (χ2v) is 4.55. The van der Waals surface area contributed by atoms with Gasteiger partial charge in [0, 0.05) is 0 Å². The van der Waals surface area contributed by atoms with Crippen LogP contribution in [0.3, 0.4) is 0 Å². The van der Waals surface area contributed by atoms with Gasteiger partial charge in [-0.15, -0.1) is 0 Å². The molecular formula is C15H24O2. The fraction of sp³-hybridized carbons (Fsp3) is 0.533. The highest BCUT2D eigenvalue weighted by atomic mass is 16.6. The van der Waals surface area contributed by atoms with E-state index in [1.54, 1.807) is 0 Å². The summed E-state index contributed by atoms with van der Waals surface area (Å²) in [7, 11) is 0. The number of carbonyl (C=O) groups excluding carboxylic acids is 1. The molecule has 0 radical (unpaired) electrons. The number of benzene rings is 1. The monoisotopic (exact) mass is 236 g/mol. The molecule has 0 unspecified atom stereocenters. The minimum Gasteiger partial charge on any atom is -0.456 e. The van der Waals surface area contributed by atoms with Crippen LogP contribution in [0.15, 0.2) is 24.3 Å². The molecule has 2 heteroatoms. The topological polar surface area (TPSA) is 26.3 Å². The average Bonchev–Trinajstić information content (AvgIpc) is 2.29. The van der Waals surface area contributed by atoms with Crippen LogP contribution in [0.2, 0.25) is 0 Å². The highest BCUT2D eigenvalue weighted by Crippen LogP contribution is 2.12. The third-order valence-electron chi connectivity index (χ3n) is 2.00. The van der Waals surface area contributed by atoms with Gasteiger partial charge >= 0.3 is 5.97 Å². The number of hydrogen-bond acceptors (Lipinski definition) is 2. The van der Waals surface area contributed by atoms with Crippen molar-refractivity contribution in [3.05, 3.63) is 35.4 Å². The predicted octanol–water partition coefficient (Wildman–Crippen LogP) is 4.23. The van der Waals surface area contributed by atoms with Gasteiger partial charge in [-0.3, -0.25) is 0 Å². The van der Waals surface area contributed by atoms with E-state index < -0.39 is 5.60 Å². The zero-order chi connectivity index (χ0) is 13.5. The average molecular weight is 236 g/mol. The molecule has 0 fully saturated rings. The summed E-state index contributed by atoms with van der Waals surface area (Å²) >= 11 is 0. The Morgan fingerprint density at radius 2 is 1.59 bits per heavy atom. The van der Waals surface area contributed by atoms with E-state index in [2.05, 4.69) is 6.92 Å². The normalized spacial score (nSPS) is 10.2. The van der Waals surface area contributed by atoms with Crippen molar-refractivity contribution in [2.75, 3.05) is 0 Å². The first-order valence-corrected chi connectivity index (χ1v) is 6.24. The van der Waals surface area contributed by atoms with Gasteiger partial charge in [0.15, 0.2) is 0 Å². The van der Waals surface area contributed by atoms with E-state index in [0.717, 1.165) is 6.42 Å². The molecule has 0 saturated carbocycles. The largest absolute Gasteiger partial charge is 0.456 e. The first-order chi connectivity index (χ1) is 7.92. The standard InChI is InChI=1S/C13H18O2.C2H6/c1-5-10-6-8-11(9-7-10)12(14)15-13(2,3)4;1-2/h6-9H,5H2,1-4H3;1-2H3. The van der Waals surface area contributed by atoms with Crippen molar-refractivity contribution in [3.8, 4) is 0 Å². The smallest absolute Gasteiger partial charge is 0.338 e. The Morgan fingerprint density at radius 1 is 1.12 bits per heavy atom. The molecule has 96 valence electrons. The molecule has 0 aromatic heterocycles. The lowest BCUT2D eigenvalue weighted by Gasteiger charge is -2.19. The van der Waals surface area contributed by atoms with Gasteiger partial charge < -0.3 is 4.74 Å². The number of hydrogen-bond donors (Lipinski definition) is 0. The molecule has 0 aliphatic carbocycles. The van der Waals surface area contributed by atoms with Crippen LogP contribution in [0.25, 0.3) is 0 Å². The van der Waals surface area contributed by atoms with Crippen LogP contribution in [-0.2, 0) is 11.2 Å². The maximum Gasteiger partial charge on any atom is 0.338 e. The van der Waals surface area contributed by atoms with Crippen molar-refractivity contribution < 1.29 is 9.53 Å². The van der Waals surface area contributed by atoms with E-state index >= 15 is 0 Å². The van der Waals surface area contributed by atoms with E-state index in [4.69, 9.17) is 4.74 Å². The van der Waals surface area contributed by atoms with Crippen LogP contribution in [0.4, 0.5) is 0 Å². The summed E-state index contributed by atoms with van der Waals surface area (Å²) in [6.45, 7) is 11.7. The fourth-order valence-corrected chi connectivity index (χ4v) is 1.21.